The van der Waals surface area contributed by atoms with Gasteiger partial charge in [-0.15, -0.1) is 0 Å². The van der Waals surface area contributed by atoms with E-state index in [4.69, 9.17) is 5.26 Å². The molecule has 7 heteroatoms. The number of carbonyl (C=O) groups is 1. The lowest BCUT2D eigenvalue weighted by Gasteiger charge is -2.42. The standard InChI is InChI=1S/C19H26N6O/c1-14-7-12-25(19(26)23-9-4-3-8-20)13-17(14)24(2)16-6-11-22-18-15(16)5-10-21-18/h5-6,10-11,14,17H,3-4,7,9,12-13H2,1-2H3,(H,21,22)(H,23,26)/t14-,17?/m1/s1. The molecule has 0 bridgehead atoms. The van der Waals surface area contributed by atoms with Gasteiger partial charge in [-0.3, -0.25) is 0 Å². The van der Waals surface area contributed by atoms with Crippen LogP contribution in [0.5, 0.6) is 0 Å². The van der Waals surface area contributed by atoms with Crippen molar-refractivity contribution in [3.63, 3.8) is 0 Å². The second kappa shape index (κ2) is 8.09. The lowest BCUT2D eigenvalue weighted by Crippen LogP contribution is -2.54. The number of urea groups is 1. The van der Waals surface area contributed by atoms with E-state index in [0.717, 1.165) is 29.7 Å². The Kier molecular flexibility index (Phi) is 5.61. The average molecular weight is 354 g/mol. The highest BCUT2D eigenvalue weighted by atomic mass is 16.2. The number of fused-ring (bicyclic) bond motifs is 1. The summed E-state index contributed by atoms with van der Waals surface area (Å²) in [4.78, 5) is 24.1. The van der Waals surface area contributed by atoms with Crippen molar-refractivity contribution >= 4 is 22.8 Å². The first-order chi connectivity index (χ1) is 12.6. The molecule has 2 amide bonds. The van der Waals surface area contributed by atoms with Gasteiger partial charge in [-0.2, -0.15) is 5.26 Å². The maximum absolute atomic E-state index is 12.4. The van der Waals surface area contributed by atoms with E-state index >= 15 is 0 Å². The van der Waals surface area contributed by atoms with E-state index in [2.05, 4.69) is 40.2 Å². The molecule has 0 saturated carbocycles. The Morgan fingerprint density at radius 1 is 1.54 bits per heavy atom. The zero-order valence-electron chi connectivity index (χ0n) is 15.4. The first kappa shape index (κ1) is 18.1. The number of hydrogen-bond donors (Lipinski definition) is 2. The van der Waals surface area contributed by atoms with Crippen LogP contribution in [0.15, 0.2) is 24.5 Å². The minimum Gasteiger partial charge on any atom is -0.369 e. The number of nitrogens with zero attached hydrogens (tertiary/aromatic N) is 4. The quantitative estimate of drug-likeness (QED) is 0.808. The number of amides is 2. The smallest absolute Gasteiger partial charge is 0.317 e. The van der Waals surface area contributed by atoms with Crippen molar-refractivity contribution in [3.05, 3.63) is 24.5 Å². The van der Waals surface area contributed by atoms with E-state index in [9.17, 15) is 4.79 Å². The molecule has 0 aromatic carbocycles. The Morgan fingerprint density at radius 2 is 2.38 bits per heavy atom. The Bertz CT molecular complexity index is 795. The number of likely N-dealkylation sites (N-methyl/N-ethyl adjacent to an activating group) is 1. The van der Waals surface area contributed by atoms with Crippen LogP contribution in [-0.4, -0.2) is 53.6 Å². The van der Waals surface area contributed by atoms with Crippen molar-refractivity contribution in [2.45, 2.75) is 32.2 Å². The predicted octanol–water partition coefficient (Wildman–Crippen LogP) is 2.72. The van der Waals surface area contributed by atoms with Crippen LogP contribution in [0.3, 0.4) is 0 Å². The molecule has 1 aliphatic rings. The number of carbonyl (C=O) groups excluding carboxylic acids is 1. The van der Waals surface area contributed by atoms with Crippen molar-refractivity contribution in [2.75, 3.05) is 31.6 Å². The summed E-state index contributed by atoms with van der Waals surface area (Å²) in [5.41, 5.74) is 2.01. The zero-order chi connectivity index (χ0) is 18.5. The Balaban J connectivity index is 1.69. The number of H-pyrrole nitrogens is 1. The van der Waals surface area contributed by atoms with Gasteiger partial charge in [0.1, 0.15) is 5.65 Å². The van der Waals surface area contributed by atoms with Crippen molar-refractivity contribution in [1.82, 2.24) is 20.2 Å². The average Bonchev–Trinajstić information content (AvgIpc) is 3.13. The monoisotopic (exact) mass is 354 g/mol. The van der Waals surface area contributed by atoms with Gasteiger partial charge in [0.15, 0.2) is 0 Å². The molecule has 3 heterocycles. The first-order valence-corrected chi connectivity index (χ1v) is 9.16. The predicted molar refractivity (Wildman–Crippen MR) is 102 cm³/mol. The molecule has 138 valence electrons. The molecule has 7 nitrogen and oxygen atoms in total. The molecule has 2 N–H and O–H groups in total. The number of anilines is 1. The number of pyridine rings is 1. The summed E-state index contributed by atoms with van der Waals surface area (Å²) in [5.74, 6) is 0.491. The number of nitriles is 1. The van der Waals surface area contributed by atoms with E-state index in [-0.39, 0.29) is 12.1 Å². The molecular formula is C19H26N6O. The summed E-state index contributed by atoms with van der Waals surface area (Å²) in [7, 11) is 2.09. The van der Waals surface area contributed by atoms with E-state index in [0.29, 0.717) is 31.8 Å². The Labute approximate surface area is 154 Å². The first-order valence-electron chi connectivity index (χ1n) is 9.16. The van der Waals surface area contributed by atoms with Gasteiger partial charge >= 0.3 is 6.03 Å². The van der Waals surface area contributed by atoms with Gasteiger partial charge in [0.05, 0.1) is 6.07 Å². The minimum atomic E-state index is -0.0326. The van der Waals surface area contributed by atoms with Crippen molar-refractivity contribution in [1.29, 1.82) is 5.26 Å². The second-order valence-corrected chi connectivity index (χ2v) is 6.95. The summed E-state index contributed by atoms with van der Waals surface area (Å²) in [6.07, 6.45) is 5.86. The van der Waals surface area contributed by atoms with Crippen LogP contribution in [0.1, 0.15) is 26.2 Å². The third kappa shape index (κ3) is 3.74. The molecule has 0 radical (unpaired) electrons. The van der Waals surface area contributed by atoms with Crippen molar-refractivity contribution in [3.8, 4) is 6.07 Å². The number of hydrogen-bond acceptors (Lipinski definition) is 4. The maximum atomic E-state index is 12.4. The van der Waals surface area contributed by atoms with Gasteiger partial charge in [0, 0.05) is 62.6 Å². The number of aromatic amines is 1. The molecule has 1 unspecified atom stereocenters. The fourth-order valence-corrected chi connectivity index (χ4v) is 3.64. The van der Waals surface area contributed by atoms with Crippen molar-refractivity contribution in [2.24, 2.45) is 5.92 Å². The summed E-state index contributed by atoms with van der Waals surface area (Å²) in [6, 6.07) is 6.39. The van der Waals surface area contributed by atoms with Gasteiger partial charge in [-0.1, -0.05) is 6.92 Å². The van der Waals surface area contributed by atoms with Crippen LogP contribution in [0.2, 0.25) is 0 Å². The zero-order valence-corrected chi connectivity index (χ0v) is 15.4. The van der Waals surface area contributed by atoms with Gasteiger partial charge < -0.3 is 20.1 Å². The minimum absolute atomic E-state index is 0.0326. The molecule has 2 aromatic rings. The fourth-order valence-electron chi connectivity index (χ4n) is 3.64. The molecule has 0 spiro atoms. The number of rotatable bonds is 5. The summed E-state index contributed by atoms with van der Waals surface area (Å²) in [5, 5.41) is 12.6. The molecule has 1 aliphatic heterocycles. The van der Waals surface area contributed by atoms with E-state index < -0.39 is 0 Å². The third-order valence-corrected chi connectivity index (χ3v) is 5.26. The van der Waals surface area contributed by atoms with Crippen LogP contribution >= 0.6 is 0 Å². The highest BCUT2D eigenvalue weighted by Gasteiger charge is 2.32. The molecule has 0 aliphatic carbocycles. The van der Waals surface area contributed by atoms with Gasteiger partial charge in [0.25, 0.3) is 0 Å². The number of nitrogens with one attached hydrogen (secondary N) is 2. The lowest BCUT2D eigenvalue weighted by molar-refractivity contribution is 0.161. The van der Waals surface area contributed by atoms with E-state index in [1.54, 1.807) is 0 Å². The van der Waals surface area contributed by atoms with E-state index in [1.165, 1.54) is 0 Å². The second-order valence-electron chi connectivity index (χ2n) is 6.95. The molecule has 2 atom stereocenters. The fraction of sp³-hybridized carbons (Fsp3) is 0.526. The number of likely N-dealkylation sites (tertiary alicyclic amines) is 1. The third-order valence-electron chi connectivity index (χ3n) is 5.26. The largest absolute Gasteiger partial charge is 0.369 e. The summed E-state index contributed by atoms with van der Waals surface area (Å²) >= 11 is 0. The maximum Gasteiger partial charge on any atom is 0.317 e. The molecule has 1 fully saturated rings. The molecular weight excluding hydrogens is 328 g/mol. The Morgan fingerprint density at radius 3 is 3.19 bits per heavy atom. The van der Waals surface area contributed by atoms with Crippen LogP contribution in [-0.2, 0) is 0 Å². The SMILES string of the molecule is C[C@@H]1CCN(C(=O)NCCCC#N)CC1N(C)c1ccnc2[nH]ccc12. The summed E-state index contributed by atoms with van der Waals surface area (Å²) in [6.45, 7) is 4.26. The van der Waals surface area contributed by atoms with Crippen molar-refractivity contribution < 1.29 is 4.79 Å². The Hall–Kier alpha value is -2.75. The van der Waals surface area contributed by atoms with Crippen LogP contribution < -0.4 is 10.2 Å². The number of aromatic nitrogens is 2. The van der Waals surface area contributed by atoms with Gasteiger partial charge in [0.2, 0.25) is 0 Å². The summed E-state index contributed by atoms with van der Waals surface area (Å²) < 4.78 is 0. The highest BCUT2D eigenvalue weighted by molar-refractivity contribution is 5.89. The number of unbranched alkanes of at least 4 members (excludes halogenated alkanes) is 1. The highest BCUT2D eigenvalue weighted by Crippen LogP contribution is 2.30. The lowest BCUT2D eigenvalue weighted by atomic mass is 9.92. The van der Waals surface area contributed by atoms with Gasteiger partial charge in [-0.05, 0) is 30.9 Å². The van der Waals surface area contributed by atoms with Crippen LogP contribution in [0.4, 0.5) is 10.5 Å². The molecule has 2 aromatic heterocycles. The molecule has 26 heavy (non-hydrogen) atoms. The van der Waals surface area contributed by atoms with Gasteiger partial charge in [-0.25, -0.2) is 9.78 Å². The normalized spacial score (nSPS) is 20.0. The molecule has 3 rings (SSSR count). The van der Waals surface area contributed by atoms with Crippen LogP contribution in [0, 0.1) is 17.2 Å². The number of piperidine rings is 1. The topological polar surface area (TPSA) is 88.1 Å². The molecule has 1 saturated heterocycles. The van der Waals surface area contributed by atoms with E-state index in [1.807, 2.05) is 29.4 Å². The van der Waals surface area contributed by atoms with Crippen LogP contribution in [0.25, 0.3) is 11.0 Å².